The number of ether oxygens (including phenoxy) is 1. The van der Waals surface area contributed by atoms with Gasteiger partial charge in [0.15, 0.2) is 5.78 Å². The standard InChI is InChI=1S/C19H22O2/c1-14-12-16(21-13-15-8-6-5-7-9-15)10-11-17(14)18(20)19(2,3)4/h5-12H,13H2,1-4H3. The Balaban J connectivity index is 2.11. The maximum absolute atomic E-state index is 12.3. The van der Waals surface area contributed by atoms with Crippen molar-refractivity contribution >= 4 is 5.78 Å². The quantitative estimate of drug-likeness (QED) is 0.753. The van der Waals surface area contributed by atoms with Crippen LogP contribution in [0.4, 0.5) is 0 Å². The van der Waals surface area contributed by atoms with Crippen molar-refractivity contribution in [2.75, 3.05) is 0 Å². The van der Waals surface area contributed by atoms with E-state index < -0.39 is 0 Å². The van der Waals surface area contributed by atoms with Crippen LogP contribution in [0, 0.1) is 12.3 Å². The summed E-state index contributed by atoms with van der Waals surface area (Å²) in [6, 6.07) is 15.7. The molecule has 0 bridgehead atoms. The molecule has 0 amide bonds. The number of benzene rings is 2. The highest BCUT2D eigenvalue weighted by Crippen LogP contribution is 2.25. The van der Waals surface area contributed by atoms with E-state index in [0.29, 0.717) is 6.61 Å². The Bertz CT molecular complexity index is 622. The van der Waals surface area contributed by atoms with Crippen molar-refractivity contribution in [1.82, 2.24) is 0 Å². The summed E-state index contributed by atoms with van der Waals surface area (Å²) in [5.41, 5.74) is 2.50. The zero-order valence-corrected chi connectivity index (χ0v) is 13.1. The fourth-order valence-electron chi connectivity index (χ4n) is 2.13. The molecule has 0 saturated heterocycles. The molecule has 0 aliphatic carbocycles. The van der Waals surface area contributed by atoms with Gasteiger partial charge in [-0.25, -0.2) is 0 Å². The average Bonchev–Trinajstić information content (AvgIpc) is 2.45. The molecule has 0 spiro atoms. The molecule has 2 aromatic carbocycles. The number of ketones is 1. The molecule has 0 aliphatic rings. The van der Waals surface area contributed by atoms with Gasteiger partial charge >= 0.3 is 0 Å². The van der Waals surface area contributed by atoms with Gasteiger partial charge in [-0.1, -0.05) is 51.1 Å². The van der Waals surface area contributed by atoms with E-state index in [-0.39, 0.29) is 11.2 Å². The topological polar surface area (TPSA) is 26.3 Å². The second kappa shape index (κ2) is 6.13. The van der Waals surface area contributed by atoms with Gasteiger partial charge in [0.2, 0.25) is 0 Å². The molecule has 0 aromatic heterocycles. The molecule has 0 unspecified atom stereocenters. The Labute approximate surface area is 126 Å². The molecular weight excluding hydrogens is 260 g/mol. The van der Waals surface area contributed by atoms with Crippen LogP contribution in [-0.2, 0) is 6.61 Å². The van der Waals surface area contributed by atoms with Crippen LogP contribution in [0.3, 0.4) is 0 Å². The second-order valence-electron chi connectivity index (χ2n) is 6.33. The number of aryl methyl sites for hydroxylation is 1. The molecule has 110 valence electrons. The normalized spacial score (nSPS) is 11.2. The van der Waals surface area contributed by atoms with Gasteiger partial charge in [-0.05, 0) is 36.2 Å². The van der Waals surface area contributed by atoms with Gasteiger partial charge in [0.1, 0.15) is 12.4 Å². The molecule has 21 heavy (non-hydrogen) atoms. The summed E-state index contributed by atoms with van der Waals surface area (Å²) in [4.78, 5) is 12.3. The zero-order chi connectivity index (χ0) is 15.5. The van der Waals surface area contributed by atoms with Crippen molar-refractivity contribution in [2.45, 2.75) is 34.3 Å². The highest BCUT2D eigenvalue weighted by Gasteiger charge is 2.24. The van der Waals surface area contributed by atoms with Gasteiger partial charge in [-0.3, -0.25) is 4.79 Å². The Morgan fingerprint density at radius 1 is 1.05 bits per heavy atom. The fourth-order valence-corrected chi connectivity index (χ4v) is 2.13. The molecule has 2 nitrogen and oxygen atoms in total. The Kier molecular flexibility index (Phi) is 4.46. The lowest BCUT2D eigenvalue weighted by Crippen LogP contribution is -2.21. The maximum Gasteiger partial charge on any atom is 0.168 e. The van der Waals surface area contributed by atoms with Crippen LogP contribution < -0.4 is 4.74 Å². The lowest BCUT2D eigenvalue weighted by atomic mass is 9.85. The Hall–Kier alpha value is -2.09. The molecule has 0 radical (unpaired) electrons. The van der Waals surface area contributed by atoms with Crippen molar-refractivity contribution in [1.29, 1.82) is 0 Å². The molecule has 0 saturated carbocycles. The fraction of sp³-hybridized carbons (Fsp3) is 0.316. The number of hydrogen-bond acceptors (Lipinski definition) is 2. The first kappa shape index (κ1) is 15.3. The minimum absolute atomic E-state index is 0.162. The number of Topliss-reactive ketones (excluding diaryl/α,β-unsaturated/α-hetero) is 1. The van der Waals surface area contributed by atoms with E-state index in [4.69, 9.17) is 4.74 Å². The first-order valence-corrected chi connectivity index (χ1v) is 7.20. The van der Waals surface area contributed by atoms with E-state index in [1.807, 2.05) is 76.2 Å². The number of rotatable bonds is 4. The minimum atomic E-state index is -0.364. The SMILES string of the molecule is Cc1cc(OCc2ccccc2)ccc1C(=O)C(C)(C)C. The van der Waals surface area contributed by atoms with Crippen LogP contribution >= 0.6 is 0 Å². The average molecular weight is 282 g/mol. The lowest BCUT2D eigenvalue weighted by molar-refractivity contribution is 0.0857. The summed E-state index contributed by atoms with van der Waals surface area (Å²) < 4.78 is 5.78. The number of carbonyl (C=O) groups excluding carboxylic acids is 1. The summed E-state index contributed by atoms with van der Waals surface area (Å²) in [6.45, 7) is 8.30. The van der Waals surface area contributed by atoms with E-state index in [1.54, 1.807) is 0 Å². The highest BCUT2D eigenvalue weighted by atomic mass is 16.5. The van der Waals surface area contributed by atoms with Crippen molar-refractivity contribution in [3.8, 4) is 5.75 Å². The highest BCUT2D eigenvalue weighted by molar-refractivity contribution is 6.01. The largest absolute Gasteiger partial charge is 0.489 e. The van der Waals surface area contributed by atoms with E-state index >= 15 is 0 Å². The minimum Gasteiger partial charge on any atom is -0.489 e. The van der Waals surface area contributed by atoms with Gasteiger partial charge in [0, 0.05) is 11.0 Å². The van der Waals surface area contributed by atoms with Crippen LogP contribution in [0.5, 0.6) is 5.75 Å². The van der Waals surface area contributed by atoms with Crippen LogP contribution in [0.1, 0.15) is 42.3 Å². The van der Waals surface area contributed by atoms with E-state index in [0.717, 1.165) is 22.4 Å². The third-order valence-electron chi connectivity index (χ3n) is 3.37. The molecular formula is C19H22O2. The summed E-state index contributed by atoms with van der Waals surface area (Å²) in [5.74, 6) is 0.955. The molecule has 0 heterocycles. The van der Waals surface area contributed by atoms with Gasteiger partial charge in [0.05, 0.1) is 0 Å². The molecule has 2 rings (SSSR count). The van der Waals surface area contributed by atoms with E-state index in [2.05, 4.69) is 0 Å². The molecule has 0 N–H and O–H groups in total. The van der Waals surface area contributed by atoms with Gasteiger partial charge in [-0.2, -0.15) is 0 Å². The third kappa shape index (κ3) is 3.94. The Morgan fingerprint density at radius 2 is 1.71 bits per heavy atom. The van der Waals surface area contributed by atoms with Crippen LogP contribution in [-0.4, -0.2) is 5.78 Å². The van der Waals surface area contributed by atoms with Crippen molar-refractivity contribution in [2.24, 2.45) is 5.41 Å². The van der Waals surface area contributed by atoms with Gasteiger partial charge < -0.3 is 4.74 Å². The second-order valence-corrected chi connectivity index (χ2v) is 6.33. The summed E-state index contributed by atoms with van der Waals surface area (Å²) in [6.07, 6.45) is 0. The van der Waals surface area contributed by atoms with Crippen LogP contribution in [0.25, 0.3) is 0 Å². The number of carbonyl (C=O) groups is 1. The third-order valence-corrected chi connectivity index (χ3v) is 3.37. The first-order chi connectivity index (χ1) is 9.88. The Morgan fingerprint density at radius 3 is 2.29 bits per heavy atom. The van der Waals surface area contributed by atoms with Crippen molar-refractivity contribution < 1.29 is 9.53 Å². The van der Waals surface area contributed by atoms with Crippen molar-refractivity contribution in [3.63, 3.8) is 0 Å². The van der Waals surface area contributed by atoms with E-state index in [1.165, 1.54) is 0 Å². The summed E-state index contributed by atoms with van der Waals surface area (Å²) in [5, 5.41) is 0. The first-order valence-electron chi connectivity index (χ1n) is 7.20. The molecule has 0 aliphatic heterocycles. The van der Waals surface area contributed by atoms with E-state index in [9.17, 15) is 4.79 Å². The molecule has 0 fully saturated rings. The van der Waals surface area contributed by atoms with Crippen molar-refractivity contribution in [3.05, 3.63) is 65.2 Å². The summed E-state index contributed by atoms with van der Waals surface area (Å²) >= 11 is 0. The summed E-state index contributed by atoms with van der Waals surface area (Å²) in [7, 11) is 0. The molecule has 2 heteroatoms. The lowest BCUT2D eigenvalue weighted by Gasteiger charge is -2.18. The van der Waals surface area contributed by atoms with Crippen LogP contribution in [0.15, 0.2) is 48.5 Å². The number of hydrogen-bond donors (Lipinski definition) is 0. The monoisotopic (exact) mass is 282 g/mol. The maximum atomic E-state index is 12.3. The zero-order valence-electron chi connectivity index (χ0n) is 13.1. The molecule has 2 aromatic rings. The van der Waals surface area contributed by atoms with Gasteiger partial charge in [0.25, 0.3) is 0 Å². The predicted molar refractivity (Wildman–Crippen MR) is 85.7 cm³/mol. The molecule has 0 atom stereocenters. The van der Waals surface area contributed by atoms with Crippen LogP contribution in [0.2, 0.25) is 0 Å². The van der Waals surface area contributed by atoms with Gasteiger partial charge in [-0.15, -0.1) is 0 Å². The predicted octanol–water partition coefficient (Wildman–Crippen LogP) is 4.80. The smallest absolute Gasteiger partial charge is 0.168 e.